The normalized spacial score (nSPS) is 12.7. The Kier molecular flexibility index (Phi) is 5.26. The van der Waals surface area contributed by atoms with Crippen molar-refractivity contribution in [3.05, 3.63) is 35.4 Å². The van der Waals surface area contributed by atoms with Crippen LogP contribution in [0, 0.1) is 0 Å². The van der Waals surface area contributed by atoms with Gasteiger partial charge in [-0.2, -0.15) is 0 Å². The monoisotopic (exact) mass is 316 g/mol. The minimum absolute atomic E-state index is 0.0321. The molecule has 0 unspecified atom stereocenters. The molecule has 0 atom stereocenters. The molecule has 0 aliphatic carbocycles. The van der Waals surface area contributed by atoms with Crippen molar-refractivity contribution in [3.63, 3.8) is 0 Å². The molecule has 0 amide bonds. The van der Waals surface area contributed by atoms with Gasteiger partial charge in [-0.1, -0.05) is 30.4 Å². The van der Waals surface area contributed by atoms with E-state index in [9.17, 15) is 13.5 Å². The molecule has 3 N–H and O–H groups in total. The lowest BCUT2D eigenvalue weighted by molar-refractivity contribution is 0.0639. The molecule has 1 aromatic rings. The number of hydrogen-bond acceptors (Lipinski definition) is 4. The molecule has 112 valence electrons. The van der Waals surface area contributed by atoms with Crippen LogP contribution in [0.5, 0.6) is 0 Å². The third-order valence-electron chi connectivity index (χ3n) is 2.65. The molecule has 0 aliphatic heterocycles. The van der Waals surface area contributed by atoms with E-state index in [1.165, 1.54) is 7.05 Å². The van der Waals surface area contributed by atoms with Gasteiger partial charge >= 0.3 is 0 Å². The topological polar surface area (TPSA) is 83.6 Å². The van der Waals surface area contributed by atoms with E-state index < -0.39 is 15.6 Å². The minimum atomic E-state index is -3.50. The van der Waals surface area contributed by atoms with E-state index in [4.69, 9.17) is 18.0 Å². The van der Waals surface area contributed by atoms with E-state index in [1.54, 1.807) is 38.1 Å². The van der Waals surface area contributed by atoms with Crippen molar-refractivity contribution in [3.8, 4) is 0 Å². The van der Waals surface area contributed by atoms with Crippen LogP contribution >= 0.6 is 12.2 Å². The van der Waals surface area contributed by atoms with Crippen molar-refractivity contribution in [1.29, 1.82) is 0 Å². The third kappa shape index (κ3) is 5.16. The van der Waals surface area contributed by atoms with Crippen molar-refractivity contribution in [2.75, 3.05) is 13.6 Å². The Bertz CT molecular complexity index is 592. The maximum Gasteiger partial charge on any atom is 0.218 e. The van der Waals surface area contributed by atoms with Crippen molar-refractivity contribution < 1.29 is 13.5 Å². The maximum atomic E-state index is 12.2. The SMILES string of the molecule is CN(CC(C)(C)O)S(=O)(=O)Cc1cccc(C(N)=S)c1. The Morgan fingerprint density at radius 1 is 1.45 bits per heavy atom. The predicted molar refractivity (Wildman–Crippen MR) is 83.9 cm³/mol. The summed E-state index contributed by atoms with van der Waals surface area (Å²) in [7, 11) is -2.05. The highest BCUT2D eigenvalue weighted by atomic mass is 32.2. The first-order valence-corrected chi connectivity index (χ1v) is 8.08. The number of sulfonamides is 1. The van der Waals surface area contributed by atoms with Crippen LogP contribution in [0.1, 0.15) is 25.0 Å². The average Bonchev–Trinajstić information content (AvgIpc) is 2.26. The second-order valence-corrected chi connectivity index (χ2v) is 7.91. The number of hydrogen-bond donors (Lipinski definition) is 2. The number of nitrogens with two attached hydrogens (primary N) is 1. The molecule has 0 heterocycles. The van der Waals surface area contributed by atoms with Gasteiger partial charge in [0.05, 0.1) is 11.4 Å². The first-order valence-electron chi connectivity index (χ1n) is 6.06. The zero-order valence-corrected chi connectivity index (χ0v) is 13.5. The van der Waals surface area contributed by atoms with Gasteiger partial charge in [0.2, 0.25) is 10.0 Å². The second kappa shape index (κ2) is 6.17. The van der Waals surface area contributed by atoms with Gasteiger partial charge in [0.25, 0.3) is 0 Å². The van der Waals surface area contributed by atoms with Crippen LogP contribution in [0.25, 0.3) is 0 Å². The molecule has 7 heteroatoms. The van der Waals surface area contributed by atoms with Crippen molar-refractivity contribution >= 4 is 27.2 Å². The van der Waals surface area contributed by atoms with Gasteiger partial charge in [0.15, 0.2) is 0 Å². The summed E-state index contributed by atoms with van der Waals surface area (Å²) in [4.78, 5) is 0.231. The molecule has 0 aliphatic rings. The molecule has 0 aromatic heterocycles. The smallest absolute Gasteiger partial charge is 0.218 e. The summed E-state index contributed by atoms with van der Waals surface area (Å²) in [6, 6.07) is 6.82. The van der Waals surface area contributed by atoms with Crippen LogP contribution in [0.2, 0.25) is 0 Å². The highest BCUT2D eigenvalue weighted by molar-refractivity contribution is 7.88. The molecule has 20 heavy (non-hydrogen) atoms. The summed E-state index contributed by atoms with van der Waals surface area (Å²) in [5, 5.41) is 9.69. The lowest BCUT2D eigenvalue weighted by Crippen LogP contribution is -2.40. The fourth-order valence-corrected chi connectivity index (χ4v) is 3.24. The second-order valence-electron chi connectivity index (χ2n) is 5.39. The summed E-state index contributed by atoms with van der Waals surface area (Å²) in [5.74, 6) is -0.157. The van der Waals surface area contributed by atoms with Crippen molar-refractivity contribution in [2.24, 2.45) is 5.73 Å². The molecular weight excluding hydrogens is 296 g/mol. The molecule has 0 saturated heterocycles. The minimum Gasteiger partial charge on any atom is -0.389 e. The fourth-order valence-electron chi connectivity index (χ4n) is 1.78. The van der Waals surface area contributed by atoms with Gasteiger partial charge in [-0.25, -0.2) is 12.7 Å². The summed E-state index contributed by atoms with van der Waals surface area (Å²) in [6.07, 6.45) is 0. The number of aliphatic hydroxyl groups is 1. The zero-order chi connectivity index (χ0) is 15.6. The zero-order valence-electron chi connectivity index (χ0n) is 11.8. The van der Waals surface area contributed by atoms with Gasteiger partial charge in [-0.05, 0) is 25.5 Å². The molecule has 0 saturated carbocycles. The van der Waals surface area contributed by atoms with Gasteiger partial charge in [0, 0.05) is 19.2 Å². The number of benzene rings is 1. The highest BCUT2D eigenvalue weighted by Gasteiger charge is 2.25. The first kappa shape index (κ1) is 17.0. The van der Waals surface area contributed by atoms with Crippen LogP contribution in [0.15, 0.2) is 24.3 Å². The van der Waals surface area contributed by atoms with Crippen molar-refractivity contribution in [1.82, 2.24) is 4.31 Å². The third-order valence-corrected chi connectivity index (χ3v) is 4.66. The molecule has 0 fully saturated rings. The molecular formula is C13H20N2O3S2. The lowest BCUT2D eigenvalue weighted by atomic mass is 10.1. The van der Waals surface area contributed by atoms with E-state index in [0.29, 0.717) is 11.1 Å². The summed E-state index contributed by atoms with van der Waals surface area (Å²) in [5.41, 5.74) is 5.69. The lowest BCUT2D eigenvalue weighted by Gasteiger charge is -2.25. The Morgan fingerprint density at radius 3 is 2.55 bits per heavy atom. The van der Waals surface area contributed by atoms with E-state index in [1.807, 2.05) is 0 Å². The number of nitrogens with zero attached hydrogens (tertiary/aromatic N) is 1. The number of likely N-dealkylation sites (N-methyl/N-ethyl adjacent to an activating group) is 1. The standard InChI is InChI=1S/C13H20N2O3S2/c1-13(2,16)9-15(3)20(17,18)8-10-5-4-6-11(7-10)12(14)19/h4-7,16H,8-9H2,1-3H3,(H2,14,19). The molecule has 0 spiro atoms. The van der Waals surface area contributed by atoms with E-state index in [-0.39, 0.29) is 17.3 Å². The average molecular weight is 316 g/mol. The Morgan fingerprint density at radius 2 is 2.05 bits per heavy atom. The molecule has 5 nitrogen and oxygen atoms in total. The Balaban J connectivity index is 2.91. The van der Waals surface area contributed by atoms with Crippen LogP contribution in [-0.4, -0.2) is 42.0 Å². The summed E-state index contributed by atoms with van der Waals surface area (Å²) >= 11 is 4.87. The van der Waals surface area contributed by atoms with Crippen LogP contribution in [-0.2, 0) is 15.8 Å². The number of rotatable bonds is 6. The maximum absolute atomic E-state index is 12.2. The molecule has 0 radical (unpaired) electrons. The van der Waals surface area contributed by atoms with Crippen LogP contribution in [0.4, 0.5) is 0 Å². The Labute approximate surface area is 125 Å². The van der Waals surface area contributed by atoms with E-state index in [0.717, 1.165) is 4.31 Å². The largest absolute Gasteiger partial charge is 0.389 e. The molecule has 1 aromatic carbocycles. The van der Waals surface area contributed by atoms with E-state index in [2.05, 4.69) is 0 Å². The fraction of sp³-hybridized carbons (Fsp3) is 0.462. The van der Waals surface area contributed by atoms with E-state index >= 15 is 0 Å². The van der Waals surface area contributed by atoms with Crippen LogP contribution in [0.3, 0.4) is 0 Å². The number of thiocarbonyl (C=S) groups is 1. The van der Waals surface area contributed by atoms with Gasteiger partial charge in [-0.3, -0.25) is 0 Å². The summed E-state index contributed by atoms with van der Waals surface area (Å²) < 4.78 is 25.6. The van der Waals surface area contributed by atoms with Gasteiger partial charge < -0.3 is 10.8 Å². The summed E-state index contributed by atoms with van der Waals surface area (Å²) in [6.45, 7) is 3.16. The van der Waals surface area contributed by atoms with Crippen molar-refractivity contribution in [2.45, 2.75) is 25.2 Å². The van der Waals surface area contributed by atoms with Gasteiger partial charge in [0.1, 0.15) is 4.99 Å². The quantitative estimate of drug-likeness (QED) is 0.760. The van der Waals surface area contributed by atoms with Gasteiger partial charge in [-0.15, -0.1) is 0 Å². The highest BCUT2D eigenvalue weighted by Crippen LogP contribution is 2.14. The molecule has 1 rings (SSSR count). The molecule has 0 bridgehead atoms. The van der Waals surface area contributed by atoms with Crippen LogP contribution < -0.4 is 5.73 Å². The predicted octanol–water partition coefficient (Wildman–Crippen LogP) is 0.853. The first-order chi connectivity index (χ1) is 9.01. The Hall–Kier alpha value is -1.02.